The Morgan fingerprint density at radius 2 is 1.47 bits per heavy atom. The number of aryl methyl sites for hydroxylation is 1. The molecule has 0 N–H and O–H groups in total. The summed E-state index contributed by atoms with van der Waals surface area (Å²) >= 11 is 0. The predicted molar refractivity (Wildman–Crippen MR) is 116 cm³/mol. The van der Waals surface area contributed by atoms with Gasteiger partial charge in [-0.3, -0.25) is 4.98 Å². The van der Waals surface area contributed by atoms with Gasteiger partial charge in [0.05, 0.1) is 11.3 Å². The summed E-state index contributed by atoms with van der Waals surface area (Å²) in [6.07, 6.45) is -0.100. The average molecular weight is 405 g/mol. The number of fused-ring (bicyclic) bond motifs is 1. The van der Waals surface area contributed by atoms with Crippen molar-refractivity contribution in [1.29, 1.82) is 0 Å². The van der Waals surface area contributed by atoms with Crippen LogP contribution in [0.15, 0.2) is 79.0 Å². The van der Waals surface area contributed by atoms with Gasteiger partial charge in [0, 0.05) is 17.1 Å². The monoisotopic (exact) mass is 405 g/mol. The van der Waals surface area contributed by atoms with E-state index in [-0.39, 0.29) is 5.39 Å². The summed E-state index contributed by atoms with van der Waals surface area (Å²) in [5, 5.41) is 0.667. The van der Waals surface area contributed by atoms with Crippen LogP contribution in [0.3, 0.4) is 0 Å². The first kappa shape index (κ1) is 20.1. The molecule has 0 radical (unpaired) electrons. The van der Waals surface area contributed by atoms with Crippen molar-refractivity contribution in [1.82, 2.24) is 4.98 Å². The highest BCUT2D eigenvalue weighted by Gasteiger charge is 2.33. The second-order valence-electron chi connectivity index (χ2n) is 7.45. The molecule has 1 aromatic heterocycles. The number of nitrogens with zero attached hydrogens (tertiary/aromatic N) is 1. The number of pyridine rings is 1. The van der Waals surface area contributed by atoms with Crippen LogP contribution in [0.25, 0.3) is 33.2 Å². The van der Waals surface area contributed by atoms with Gasteiger partial charge in [0.2, 0.25) is 0 Å². The number of hydrogen-bond acceptors (Lipinski definition) is 1. The Kier molecular flexibility index (Phi) is 5.58. The molecule has 152 valence electrons. The maximum atomic E-state index is 13.4. The van der Waals surface area contributed by atoms with Gasteiger partial charge in [0.1, 0.15) is 0 Å². The van der Waals surface area contributed by atoms with Gasteiger partial charge in [-0.2, -0.15) is 13.2 Å². The smallest absolute Gasteiger partial charge is 0.255 e. The molecule has 0 amide bonds. The molecular weight excluding hydrogens is 383 g/mol. The van der Waals surface area contributed by atoms with Crippen molar-refractivity contribution >= 4 is 10.8 Å². The molecule has 0 unspecified atom stereocenters. The van der Waals surface area contributed by atoms with Crippen LogP contribution >= 0.6 is 0 Å². The van der Waals surface area contributed by atoms with Crippen LogP contribution in [-0.4, -0.2) is 4.98 Å². The quantitative estimate of drug-likeness (QED) is 0.328. The Labute approximate surface area is 174 Å². The molecule has 0 aliphatic carbocycles. The summed E-state index contributed by atoms with van der Waals surface area (Å²) in [5.41, 5.74) is 4.05. The van der Waals surface area contributed by atoms with Crippen LogP contribution in [0.2, 0.25) is 0 Å². The van der Waals surface area contributed by atoms with Gasteiger partial charge in [-0.1, -0.05) is 80.1 Å². The Morgan fingerprint density at radius 1 is 0.767 bits per heavy atom. The van der Waals surface area contributed by atoms with Crippen LogP contribution in [0.5, 0.6) is 0 Å². The number of halogens is 3. The summed E-state index contributed by atoms with van der Waals surface area (Å²) in [4.78, 5) is 4.21. The summed E-state index contributed by atoms with van der Waals surface area (Å²) < 4.78 is 40.2. The molecule has 1 heterocycles. The second-order valence-corrected chi connectivity index (χ2v) is 7.45. The molecule has 0 saturated carbocycles. The van der Waals surface area contributed by atoms with Crippen molar-refractivity contribution in [2.75, 3.05) is 0 Å². The molecule has 30 heavy (non-hydrogen) atoms. The zero-order valence-corrected chi connectivity index (χ0v) is 16.7. The van der Waals surface area contributed by atoms with Crippen molar-refractivity contribution in [3.05, 3.63) is 90.1 Å². The van der Waals surface area contributed by atoms with Crippen molar-refractivity contribution in [2.45, 2.75) is 32.4 Å². The first-order valence-electron chi connectivity index (χ1n) is 10.1. The zero-order valence-electron chi connectivity index (χ0n) is 16.7. The lowest BCUT2D eigenvalue weighted by molar-refractivity contribution is -0.136. The van der Waals surface area contributed by atoms with E-state index in [2.05, 4.69) is 36.2 Å². The molecule has 0 saturated heterocycles. The lowest BCUT2D eigenvalue weighted by atomic mass is 9.96. The largest absolute Gasteiger partial charge is 0.418 e. The topological polar surface area (TPSA) is 12.9 Å². The van der Waals surface area contributed by atoms with Crippen LogP contribution in [0, 0.1) is 0 Å². The van der Waals surface area contributed by atoms with Crippen molar-refractivity contribution < 1.29 is 13.2 Å². The van der Waals surface area contributed by atoms with Crippen LogP contribution < -0.4 is 0 Å². The van der Waals surface area contributed by atoms with E-state index in [9.17, 15) is 13.2 Å². The molecule has 0 bridgehead atoms. The van der Waals surface area contributed by atoms with E-state index in [4.69, 9.17) is 0 Å². The molecule has 0 atom stereocenters. The summed E-state index contributed by atoms with van der Waals surface area (Å²) in [7, 11) is 0. The number of hydrogen-bond donors (Lipinski definition) is 0. The summed E-state index contributed by atoms with van der Waals surface area (Å²) in [6, 6.07) is 22.9. The third-order valence-corrected chi connectivity index (χ3v) is 5.34. The second kappa shape index (κ2) is 8.31. The Morgan fingerprint density at radius 3 is 2.17 bits per heavy atom. The molecule has 4 aromatic rings. The molecule has 4 heteroatoms. The molecule has 1 nitrogen and oxygen atoms in total. The van der Waals surface area contributed by atoms with Gasteiger partial charge < -0.3 is 0 Å². The third-order valence-electron chi connectivity index (χ3n) is 5.34. The van der Waals surface area contributed by atoms with E-state index in [1.165, 1.54) is 18.1 Å². The van der Waals surface area contributed by atoms with Gasteiger partial charge in [-0.05, 0) is 41.0 Å². The Bertz CT molecular complexity index is 1160. The SMILES string of the molecule is CCCCc1ccc(-c2cccc(-c3ncc(C(F)(F)F)c4ccccc34)c2)cc1. The van der Waals surface area contributed by atoms with Gasteiger partial charge in [-0.15, -0.1) is 0 Å². The number of unbranched alkanes of at least 4 members (excludes halogenated alkanes) is 1. The lowest BCUT2D eigenvalue weighted by Crippen LogP contribution is -2.07. The highest BCUT2D eigenvalue weighted by Crippen LogP contribution is 2.38. The zero-order chi connectivity index (χ0) is 21.1. The highest BCUT2D eigenvalue weighted by atomic mass is 19.4. The fourth-order valence-corrected chi connectivity index (χ4v) is 3.74. The lowest BCUT2D eigenvalue weighted by Gasteiger charge is -2.13. The molecule has 0 aliphatic heterocycles. The first-order valence-corrected chi connectivity index (χ1v) is 10.1. The average Bonchev–Trinajstić information content (AvgIpc) is 2.76. The summed E-state index contributed by atoms with van der Waals surface area (Å²) in [5.74, 6) is 0. The van der Waals surface area contributed by atoms with Gasteiger partial charge >= 0.3 is 6.18 Å². The number of benzene rings is 3. The van der Waals surface area contributed by atoms with E-state index >= 15 is 0 Å². The van der Waals surface area contributed by atoms with Crippen molar-refractivity contribution in [2.24, 2.45) is 0 Å². The van der Waals surface area contributed by atoms with E-state index in [0.29, 0.717) is 11.1 Å². The van der Waals surface area contributed by atoms with Crippen LogP contribution in [0.1, 0.15) is 30.9 Å². The normalized spacial score (nSPS) is 11.7. The van der Waals surface area contributed by atoms with Crippen LogP contribution in [0.4, 0.5) is 13.2 Å². The third kappa shape index (κ3) is 4.09. The standard InChI is InChI=1S/C26H22F3N/c1-2-3-7-18-12-14-19(15-13-18)20-8-6-9-21(16-20)25-23-11-5-4-10-22(23)24(17-30-25)26(27,28)29/h4-6,8-17H,2-3,7H2,1H3. The fourth-order valence-electron chi connectivity index (χ4n) is 3.74. The minimum Gasteiger partial charge on any atom is -0.255 e. The van der Waals surface area contributed by atoms with E-state index in [1.807, 2.05) is 24.3 Å². The highest BCUT2D eigenvalue weighted by molar-refractivity contribution is 5.97. The molecule has 3 aromatic carbocycles. The first-order chi connectivity index (χ1) is 14.5. The number of alkyl halides is 3. The Balaban J connectivity index is 1.75. The molecule has 0 aliphatic rings. The Hall–Kier alpha value is -3.14. The molecular formula is C26H22F3N. The maximum Gasteiger partial charge on any atom is 0.418 e. The van der Waals surface area contributed by atoms with Crippen molar-refractivity contribution in [3.63, 3.8) is 0 Å². The number of aromatic nitrogens is 1. The number of rotatable bonds is 5. The maximum absolute atomic E-state index is 13.4. The van der Waals surface area contributed by atoms with Gasteiger partial charge in [-0.25, -0.2) is 0 Å². The van der Waals surface area contributed by atoms with Gasteiger partial charge in [0.15, 0.2) is 0 Å². The van der Waals surface area contributed by atoms with Crippen LogP contribution in [-0.2, 0) is 12.6 Å². The predicted octanol–water partition coefficient (Wildman–Crippen LogP) is 7.93. The molecule has 0 spiro atoms. The van der Waals surface area contributed by atoms with E-state index in [1.54, 1.807) is 18.2 Å². The molecule has 4 rings (SSSR count). The minimum atomic E-state index is -4.44. The summed E-state index contributed by atoms with van der Waals surface area (Å²) in [6.45, 7) is 2.18. The van der Waals surface area contributed by atoms with Gasteiger partial charge in [0.25, 0.3) is 0 Å². The minimum absolute atomic E-state index is 0.167. The molecule has 0 fully saturated rings. The fraction of sp³-hybridized carbons (Fsp3) is 0.192. The van der Waals surface area contributed by atoms with Crippen molar-refractivity contribution in [3.8, 4) is 22.4 Å². The van der Waals surface area contributed by atoms with E-state index < -0.39 is 11.7 Å². The van der Waals surface area contributed by atoms with E-state index in [0.717, 1.165) is 35.7 Å².